The number of hydrogen-bond acceptors (Lipinski definition) is 5. The number of nitriles is 1. The van der Waals surface area contributed by atoms with Crippen molar-refractivity contribution < 1.29 is 14.3 Å². The molecule has 0 atom stereocenters. The van der Waals surface area contributed by atoms with E-state index in [0.29, 0.717) is 35.1 Å². The molecule has 0 radical (unpaired) electrons. The standard InChI is InChI=1S/C18H18N2O3/c1-12(2)11-23-17-5-4-13(8-15(17)10-19)16-9-14(6-7-20-16)18(21)22-3/h4-9,12H,11H2,1-3H3. The third-order valence-electron chi connectivity index (χ3n) is 3.15. The first-order chi connectivity index (χ1) is 11.0. The van der Waals surface area contributed by atoms with Crippen molar-refractivity contribution in [2.75, 3.05) is 13.7 Å². The van der Waals surface area contributed by atoms with Crippen LogP contribution in [0, 0.1) is 17.2 Å². The highest BCUT2D eigenvalue weighted by molar-refractivity contribution is 5.90. The molecule has 2 rings (SSSR count). The molecule has 0 spiro atoms. The van der Waals surface area contributed by atoms with E-state index >= 15 is 0 Å². The zero-order valence-corrected chi connectivity index (χ0v) is 13.4. The second-order valence-corrected chi connectivity index (χ2v) is 5.45. The number of ether oxygens (including phenoxy) is 2. The van der Waals surface area contributed by atoms with Gasteiger partial charge in [0.15, 0.2) is 0 Å². The Hall–Kier alpha value is -2.87. The Morgan fingerprint density at radius 2 is 2.09 bits per heavy atom. The van der Waals surface area contributed by atoms with Crippen LogP contribution in [0.1, 0.15) is 29.8 Å². The van der Waals surface area contributed by atoms with Gasteiger partial charge in [0.05, 0.1) is 30.5 Å². The normalized spacial score (nSPS) is 10.2. The lowest BCUT2D eigenvalue weighted by molar-refractivity contribution is 0.0600. The zero-order valence-electron chi connectivity index (χ0n) is 13.4. The summed E-state index contributed by atoms with van der Waals surface area (Å²) in [7, 11) is 1.33. The highest BCUT2D eigenvalue weighted by atomic mass is 16.5. The second-order valence-electron chi connectivity index (χ2n) is 5.45. The zero-order chi connectivity index (χ0) is 16.8. The summed E-state index contributed by atoms with van der Waals surface area (Å²) >= 11 is 0. The van der Waals surface area contributed by atoms with Crippen molar-refractivity contribution >= 4 is 5.97 Å². The monoisotopic (exact) mass is 310 g/mol. The van der Waals surface area contributed by atoms with Crippen LogP contribution in [0.4, 0.5) is 0 Å². The van der Waals surface area contributed by atoms with Crippen LogP contribution in [0.15, 0.2) is 36.5 Å². The van der Waals surface area contributed by atoms with Crippen molar-refractivity contribution in [3.8, 4) is 23.1 Å². The number of pyridine rings is 1. The molecule has 0 aliphatic heterocycles. The van der Waals surface area contributed by atoms with E-state index in [0.717, 1.165) is 5.56 Å². The van der Waals surface area contributed by atoms with E-state index in [1.165, 1.54) is 13.3 Å². The molecule has 0 unspecified atom stereocenters. The quantitative estimate of drug-likeness (QED) is 0.791. The van der Waals surface area contributed by atoms with E-state index in [4.69, 9.17) is 9.47 Å². The van der Waals surface area contributed by atoms with Crippen molar-refractivity contribution in [3.05, 3.63) is 47.7 Å². The molecule has 0 amide bonds. The largest absolute Gasteiger partial charge is 0.492 e. The van der Waals surface area contributed by atoms with Gasteiger partial charge in [-0.3, -0.25) is 4.98 Å². The van der Waals surface area contributed by atoms with Gasteiger partial charge < -0.3 is 9.47 Å². The van der Waals surface area contributed by atoms with E-state index in [1.54, 1.807) is 24.3 Å². The van der Waals surface area contributed by atoms with Gasteiger partial charge in [0.25, 0.3) is 0 Å². The van der Waals surface area contributed by atoms with Gasteiger partial charge in [-0.15, -0.1) is 0 Å². The molecule has 1 heterocycles. The van der Waals surface area contributed by atoms with Crippen LogP contribution in [0.3, 0.4) is 0 Å². The number of benzene rings is 1. The fourth-order valence-corrected chi connectivity index (χ4v) is 1.99. The maximum atomic E-state index is 11.6. The molecule has 2 aromatic rings. The van der Waals surface area contributed by atoms with Gasteiger partial charge in [0.1, 0.15) is 11.8 Å². The van der Waals surface area contributed by atoms with Crippen molar-refractivity contribution in [1.82, 2.24) is 4.98 Å². The summed E-state index contributed by atoms with van der Waals surface area (Å²) in [6.07, 6.45) is 1.54. The Labute approximate surface area is 135 Å². The summed E-state index contributed by atoms with van der Waals surface area (Å²) in [6.45, 7) is 4.63. The molecule has 0 N–H and O–H groups in total. The lowest BCUT2D eigenvalue weighted by atomic mass is 10.1. The Morgan fingerprint density at radius 1 is 1.30 bits per heavy atom. The van der Waals surface area contributed by atoms with Gasteiger partial charge in [0.2, 0.25) is 0 Å². The SMILES string of the molecule is COC(=O)c1ccnc(-c2ccc(OCC(C)C)c(C#N)c2)c1. The molecule has 118 valence electrons. The molecule has 5 heteroatoms. The molecule has 1 aromatic heterocycles. The maximum Gasteiger partial charge on any atom is 0.337 e. The molecule has 0 saturated carbocycles. The topological polar surface area (TPSA) is 72.2 Å². The van der Waals surface area contributed by atoms with E-state index in [2.05, 4.69) is 11.1 Å². The van der Waals surface area contributed by atoms with Crippen LogP contribution in [0.5, 0.6) is 5.75 Å². The highest BCUT2D eigenvalue weighted by Crippen LogP contribution is 2.26. The smallest absolute Gasteiger partial charge is 0.337 e. The summed E-state index contributed by atoms with van der Waals surface area (Å²) < 4.78 is 10.3. The molecule has 0 bridgehead atoms. The minimum atomic E-state index is -0.425. The minimum Gasteiger partial charge on any atom is -0.492 e. The minimum absolute atomic E-state index is 0.375. The van der Waals surface area contributed by atoms with Crippen molar-refractivity contribution in [3.63, 3.8) is 0 Å². The van der Waals surface area contributed by atoms with Gasteiger partial charge in [-0.05, 0) is 36.2 Å². The van der Waals surface area contributed by atoms with Gasteiger partial charge in [-0.2, -0.15) is 5.26 Å². The van der Waals surface area contributed by atoms with E-state index in [9.17, 15) is 10.1 Å². The molecular formula is C18H18N2O3. The Kier molecular flexibility index (Phi) is 5.32. The predicted molar refractivity (Wildman–Crippen MR) is 86.1 cm³/mol. The number of esters is 1. The summed E-state index contributed by atoms with van der Waals surface area (Å²) in [5.74, 6) is 0.500. The fraction of sp³-hybridized carbons (Fsp3) is 0.278. The average molecular weight is 310 g/mol. The van der Waals surface area contributed by atoms with Crippen LogP contribution in [-0.4, -0.2) is 24.7 Å². The Morgan fingerprint density at radius 3 is 2.74 bits per heavy atom. The first-order valence-corrected chi connectivity index (χ1v) is 7.27. The van der Waals surface area contributed by atoms with Crippen LogP contribution < -0.4 is 4.74 Å². The molecule has 0 fully saturated rings. The predicted octanol–water partition coefficient (Wildman–Crippen LogP) is 3.44. The van der Waals surface area contributed by atoms with Crippen LogP contribution in [0.2, 0.25) is 0 Å². The number of methoxy groups -OCH3 is 1. The van der Waals surface area contributed by atoms with Gasteiger partial charge in [-0.1, -0.05) is 13.8 Å². The summed E-state index contributed by atoms with van der Waals surface area (Å²) in [6, 6.07) is 10.6. The highest BCUT2D eigenvalue weighted by Gasteiger charge is 2.11. The summed E-state index contributed by atoms with van der Waals surface area (Å²) in [4.78, 5) is 15.8. The third-order valence-corrected chi connectivity index (χ3v) is 3.15. The molecule has 0 aliphatic rings. The number of rotatable bonds is 5. The Balaban J connectivity index is 2.34. The van der Waals surface area contributed by atoms with Crippen LogP contribution in [-0.2, 0) is 4.74 Å². The number of hydrogen-bond donors (Lipinski definition) is 0. The van der Waals surface area contributed by atoms with E-state index in [1.807, 2.05) is 19.9 Å². The summed E-state index contributed by atoms with van der Waals surface area (Å²) in [5.41, 5.74) is 2.19. The van der Waals surface area contributed by atoms with E-state index in [-0.39, 0.29) is 0 Å². The number of carbonyl (C=O) groups excluding carboxylic acids is 1. The van der Waals surface area contributed by atoms with Gasteiger partial charge in [-0.25, -0.2) is 4.79 Å². The molecule has 1 aromatic carbocycles. The number of aromatic nitrogens is 1. The van der Waals surface area contributed by atoms with Crippen molar-refractivity contribution in [1.29, 1.82) is 5.26 Å². The fourth-order valence-electron chi connectivity index (χ4n) is 1.99. The summed E-state index contributed by atoms with van der Waals surface area (Å²) in [5, 5.41) is 9.31. The lowest BCUT2D eigenvalue weighted by Crippen LogP contribution is -2.05. The molecule has 23 heavy (non-hydrogen) atoms. The molecular weight excluding hydrogens is 292 g/mol. The van der Waals surface area contributed by atoms with Crippen LogP contribution in [0.25, 0.3) is 11.3 Å². The van der Waals surface area contributed by atoms with Crippen molar-refractivity contribution in [2.45, 2.75) is 13.8 Å². The third kappa shape index (κ3) is 4.07. The first-order valence-electron chi connectivity index (χ1n) is 7.27. The molecule has 5 nitrogen and oxygen atoms in total. The average Bonchev–Trinajstić information content (AvgIpc) is 2.59. The first kappa shape index (κ1) is 16.5. The van der Waals surface area contributed by atoms with Crippen LogP contribution >= 0.6 is 0 Å². The van der Waals surface area contributed by atoms with Gasteiger partial charge >= 0.3 is 5.97 Å². The Bertz CT molecular complexity index is 748. The maximum absolute atomic E-state index is 11.6. The molecule has 0 saturated heterocycles. The van der Waals surface area contributed by atoms with Crippen molar-refractivity contribution in [2.24, 2.45) is 5.92 Å². The second kappa shape index (κ2) is 7.41. The van der Waals surface area contributed by atoms with Gasteiger partial charge in [0, 0.05) is 11.8 Å². The number of carbonyl (C=O) groups is 1. The lowest BCUT2D eigenvalue weighted by Gasteiger charge is -2.11. The number of nitrogens with zero attached hydrogens (tertiary/aromatic N) is 2. The van der Waals surface area contributed by atoms with E-state index < -0.39 is 5.97 Å². The molecule has 0 aliphatic carbocycles.